The van der Waals surface area contributed by atoms with E-state index in [0.29, 0.717) is 24.7 Å². The number of ketones is 1. The number of carbonyl (C=O) groups is 1. The fourth-order valence-corrected chi connectivity index (χ4v) is 4.38. The number of Topliss-reactive ketones (excluding diaryl/α,β-unsaturated/α-hetero) is 1. The molecular weight excluding hydrogens is 398 g/mol. The molecular formula is C28H27NO3. The van der Waals surface area contributed by atoms with E-state index in [9.17, 15) is 4.79 Å². The maximum absolute atomic E-state index is 12.7. The van der Waals surface area contributed by atoms with E-state index in [-0.39, 0.29) is 11.7 Å². The van der Waals surface area contributed by atoms with Gasteiger partial charge in [0.15, 0.2) is 17.3 Å². The molecule has 3 aliphatic rings. The minimum absolute atomic E-state index is 0.188. The number of nitrogens with zero attached hydrogens (tertiary/aromatic N) is 1. The van der Waals surface area contributed by atoms with Crippen molar-refractivity contribution in [3.8, 4) is 11.5 Å². The van der Waals surface area contributed by atoms with Gasteiger partial charge in [0.05, 0.1) is 5.70 Å². The van der Waals surface area contributed by atoms with E-state index in [1.165, 1.54) is 0 Å². The van der Waals surface area contributed by atoms with E-state index in [1.807, 2.05) is 84.9 Å². The van der Waals surface area contributed by atoms with Gasteiger partial charge in [-0.15, -0.1) is 0 Å². The molecule has 0 spiro atoms. The molecule has 2 bridgehead atoms. The summed E-state index contributed by atoms with van der Waals surface area (Å²) in [7, 11) is 0. The molecule has 162 valence electrons. The Balaban J connectivity index is 1.40. The molecule has 0 radical (unpaired) electrons. The molecule has 4 heteroatoms. The van der Waals surface area contributed by atoms with Gasteiger partial charge in [-0.2, -0.15) is 0 Å². The third-order valence-corrected chi connectivity index (χ3v) is 6.20. The lowest BCUT2D eigenvalue weighted by Gasteiger charge is -2.41. The second kappa shape index (κ2) is 9.31. The van der Waals surface area contributed by atoms with Gasteiger partial charge in [-0.05, 0) is 47.7 Å². The van der Waals surface area contributed by atoms with Crippen molar-refractivity contribution >= 4 is 11.9 Å². The van der Waals surface area contributed by atoms with Gasteiger partial charge < -0.3 is 14.4 Å². The van der Waals surface area contributed by atoms with E-state index in [4.69, 9.17) is 9.47 Å². The van der Waals surface area contributed by atoms with Crippen LogP contribution in [0.5, 0.6) is 11.5 Å². The van der Waals surface area contributed by atoms with E-state index in [1.54, 1.807) is 0 Å². The zero-order valence-electron chi connectivity index (χ0n) is 18.1. The van der Waals surface area contributed by atoms with Crippen molar-refractivity contribution in [3.63, 3.8) is 0 Å². The Labute approximate surface area is 189 Å². The molecule has 0 saturated carbocycles. The highest BCUT2D eigenvalue weighted by atomic mass is 16.5. The molecule has 0 atom stereocenters. The van der Waals surface area contributed by atoms with E-state index < -0.39 is 0 Å². The molecule has 4 nitrogen and oxygen atoms in total. The number of benzene rings is 3. The summed E-state index contributed by atoms with van der Waals surface area (Å²) < 4.78 is 12.3. The fraction of sp³-hybridized carbons (Fsp3) is 0.250. The lowest BCUT2D eigenvalue weighted by Crippen LogP contribution is -2.45. The van der Waals surface area contributed by atoms with Gasteiger partial charge in [0.2, 0.25) is 0 Å². The van der Waals surface area contributed by atoms with Gasteiger partial charge in [0.1, 0.15) is 13.2 Å². The Morgan fingerprint density at radius 2 is 1.38 bits per heavy atom. The standard InChI is InChI=1S/C28H27NO3/c30-28-24-13-15-29(16-14-24)25(28)17-23-11-12-26(31-19-21-7-3-1-4-8-21)27(18-23)32-20-22-9-5-2-6-10-22/h1-12,17-18,24H,13-16,19-20H2. The van der Waals surface area contributed by atoms with Crippen molar-refractivity contribution in [2.45, 2.75) is 26.1 Å². The van der Waals surface area contributed by atoms with E-state index >= 15 is 0 Å². The summed E-state index contributed by atoms with van der Waals surface area (Å²) in [5.74, 6) is 1.85. The molecule has 0 aliphatic carbocycles. The summed E-state index contributed by atoms with van der Waals surface area (Å²) in [4.78, 5) is 15.0. The highest BCUT2D eigenvalue weighted by Crippen LogP contribution is 2.35. The van der Waals surface area contributed by atoms with Gasteiger partial charge in [0.25, 0.3) is 0 Å². The van der Waals surface area contributed by atoms with Crippen LogP contribution in [0.1, 0.15) is 29.5 Å². The quantitative estimate of drug-likeness (QED) is 0.470. The minimum atomic E-state index is 0.188. The Morgan fingerprint density at radius 3 is 1.97 bits per heavy atom. The third kappa shape index (κ3) is 4.54. The summed E-state index contributed by atoms with van der Waals surface area (Å²) in [5.41, 5.74) is 3.98. The first-order valence-corrected chi connectivity index (χ1v) is 11.2. The number of carbonyl (C=O) groups excluding carboxylic acids is 1. The Morgan fingerprint density at radius 1 is 0.781 bits per heavy atom. The average Bonchev–Trinajstić information content (AvgIpc) is 2.86. The number of rotatable bonds is 7. The first-order valence-electron chi connectivity index (χ1n) is 11.2. The van der Waals surface area contributed by atoms with Gasteiger partial charge >= 0.3 is 0 Å². The Hall–Kier alpha value is -3.53. The Bertz CT molecular complexity index is 1100. The predicted molar refractivity (Wildman–Crippen MR) is 125 cm³/mol. The van der Waals surface area contributed by atoms with Crippen LogP contribution < -0.4 is 9.47 Å². The highest BCUT2D eigenvalue weighted by Gasteiger charge is 2.36. The molecule has 0 aromatic heterocycles. The van der Waals surface area contributed by atoms with Crippen LogP contribution in [0.2, 0.25) is 0 Å². The van der Waals surface area contributed by atoms with Crippen molar-refractivity contribution in [1.82, 2.24) is 4.90 Å². The van der Waals surface area contributed by atoms with E-state index in [2.05, 4.69) is 4.90 Å². The number of hydrogen-bond donors (Lipinski definition) is 0. The van der Waals surface area contributed by atoms with Crippen LogP contribution in [0.15, 0.2) is 84.6 Å². The zero-order valence-corrected chi connectivity index (χ0v) is 18.1. The van der Waals surface area contributed by atoms with Gasteiger partial charge in [-0.25, -0.2) is 0 Å². The van der Waals surface area contributed by atoms with Crippen LogP contribution in [0.4, 0.5) is 0 Å². The van der Waals surface area contributed by atoms with Crippen LogP contribution in [-0.2, 0) is 18.0 Å². The van der Waals surface area contributed by atoms with Gasteiger partial charge in [-0.3, -0.25) is 4.79 Å². The average molecular weight is 426 g/mol. The second-order valence-electron chi connectivity index (χ2n) is 8.41. The van der Waals surface area contributed by atoms with Crippen LogP contribution in [0.25, 0.3) is 6.08 Å². The van der Waals surface area contributed by atoms with Crippen LogP contribution in [0.3, 0.4) is 0 Å². The summed E-state index contributed by atoms with van der Waals surface area (Å²) in [6, 6.07) is 26.1. The van der Waals surface area contributed by atoms with Crippen LogP contribution in [0, 0.1) is 5.92 Å². The first-order chi connectivity index (χ1) is 15.8. The van der Waals surface area contributed by atoms with Crippen LogP contribution in [-0.4, -0.2) is 23.8 Å². The van der Waals surface area contributed by atoms with Crippen molar-refractivity contribution in [2.75, 3.05) is 13.1 Å². The Kier molecular flexibility index (Phi) is 5.93. The predicted octanol–water partition coefficient (Wildman–Crippen LogP) is 5.48. The van der Waals surface area contributed by atoms with Crippen LogP contribution >= 0.6 is 0 Å². The smallest absolute Gasteiger partial charge is 0.182 e. The number of allylic oxidation sites excluding steroid dienone is 1. The topological polar surface area (TPSA) is 38.8 Å². The maximum Gasteiger partial charge on any atom is 0.182 e. The number of fused-ring (bicyclic) bond motifs is 3. The summed E-state index contributed by atoms with van der Waals surface area (Å²) in [5, 5.41) is 0. The third-order valence-electron chi connectivity index (χ3n) is 6.20. The van der Waals surface area contributed by atoms with Crippen molar-refractivity contribution < 1.29 is 14.3 Å². The summed E-state index contributed by atoms with van der Waals surface area (Å²) in [6.45, 7) is 2.86. The summed E-state index contributed by atoms with van der Waals surface area (Å²) >= 11 is 0. The van der Waals surface area contributed by atoms with Crippen molar-refractivity contribution in [3.05, 3.63) is 101 Å². The molecule has 0 N–H and O–H groups in total. The monoisotopic (exact) mass is 425 g/mol. The number of ether oxygens (including phenoxy) is 2. The zero-order chi connectivity index (χ0) is 21.8. The van der Waals surface area contributed by atoms with Crippen molar-refractivity contribution in [2.24, 2.45) is 5.92 Å². The molecule has 3 aromatic rings. The fourth-order valence-electron chi connectivity index (χ4n) is 4.38. The maximum atomic E-state index is 12.7. The molecule has 0 amide bonds. The molecule has 6 rings (SSSR count). The number of piperidine rings is 3. The van der Waals surface area contributed by atoms with Gasteiger partial charge in [-0.1, -0.05) is 66.7 Å². The van der Waals surface area contributed by atoms with Gasteiger partial charge in [0, 0.05) is 19.0 Å². The largest absolute Gasteiger partial charge is 0.485 e. The van der Waals surface area contributed by atoms with Crippen molar-refractivity contribution in [1.29, 1.82) is 0 Å². The lowest BCUT2D eigenvalue weighted by atomic mass is 9.84. The minimum Gasteiger partial charge on any atom is -0.485 e. The SMILES string of the molecule is O=C1C(=Cc2ccc(OCc3ccccc3)c(OCc3ccccc3)c2)N2CCC1CC2. The molecule has 32 heavy (non-hydrogen) atoms. The molecule has 0 unspecified atom stereocenters. The highest BCUT2D eigenvalue weighted by molar-refractivity contribution is 6.01. The first kappa shape index (κ1) is 20.4. The molecule has 3 aromatic carbocycles. The molecule has 3 fully saturated rings. The lowest BCUT2D eigenvalue weighted by molar-refractivity contribution is -0.125. The normalized spacial score (nSPS) is 17.1. The molecule has 3 aliphatic heterocycles. The number of hydrogen-bond acceptors (Lipinski definition) is 4. The van der Waals surface area contributed by atoms with E-state index in [0.717, 1.165) is 48.3 Å². The molecule has 3 saturated heterocycles. The summed E-state index contributed by atoms with van der Waals surface area (Å²) in [6.07, 6.45) is 3.96. The second-order valence-corrected chi connectivity index (χ2v) is 8.41. The molecule has 3 heterocycles.